The molecule has 1 aromatic rings. The molecule has 0 atom stereocenters. The topological polar surface area (TPSA) is 17.1 Å². The second kappa shape index (κ2) is 4.62. The van der Waals surface area contributed by atoms with E-state index in [0.717, 1.165) is 11.1 Å². The minimum absolute atomic E-state index is 0.0911. The quantitative estimate of drug-likeness (QED) is 0.487. The van der Waals surface area contributed by atoms with Crippen LogP contribution in [0.2, 0.25) is 0 Å². The van der Waals surface area contributed by atoms with Crippen molar-refractivity contribution in [3.63, 3.8) is 0 Å². The first-order valence-electron chi connectivity index (χ1n) is 4.72. The first-order valence-corrected chi connectivity index (χ1v) is 4.72. The number of hydrogen-bond acceptors (Lipinski definition) is 1. The summed E-state index contributed by atoms with van der Waals surface area (Å²) in [5.41, 5.74) is 1.70. The average molecular weight is 186 g/mol. The molecule has 0 bridgehead atoms. The number of hydrogen-bond donors (Lipinski definition) is 0. The monoisotopic (exact) mass is 186 g/mol. The van der Waals surface area contributed by atoms with E-state index in [0.29, 0.717) is 5.92 Å². The third-order valence-electron chi connectivity index (χ3n) is 1.80. The van der Waals surface area contributed by atoms with Gasteiger partial charge in [-0.05, 0) is 19.1 Å². The summed E-state index contributed by atoms with van der Waals surface area (Å²) in [6.07, 6.45) is 0. The Morgan fingerprint density at radius 3 is 2.21 bits per heavy atom. The second-order valence-electron chi connectivity index (χ2n) is 3.56. The standard InChI is InChI=1S/C13H14O/c1-10(2)4-5-12-6-8-13(9-7-12)11(3)14/h6-10H,1-3H3. The zero-order chi connectivity index (χ0) is 10.6. The molecule has 0 unspecified atom stereocenters. The molecule has 0 aliphatic rings. The van der Waals surface area contributed by atoms with Gasteiger partial charge in [0.2, 0.25) is 0 Å². The van der Waals surface area contributed by atoms with Crippen LogP contribution in [-0.4, -0.2) is 5.78 Å². The highest BCUT2D eigenvalue weighted by molar-refractivity contribution is 5.94. The first-order chi connectivity index (χ1) is 6.59. The van der Waals surface area contributed by atoms with Gasteiger partial charge in [-0.15, -0.1) is 0 Å². The van der Waals surface area contributed by atoms with Crippen LogP contribution in [0, 0.1) is 17.8 Å². The Morgan fingerprint density at radius 2 is 1.79 bits per heavy atom. The van der Waals surface area contributed by atoms with Crippen LogP contribution in [-0.2, 0) is 0 Å². The number of Topliss-reactive ketones (excluding diaryl/α,β-unsaturated/α-hetero) is 1. The van der Waals surface area contributed by atoms with Crippen LogP contribution in [0.5, 0.6) is 0 Å². The normalized spacial score (nSPS) is 9.43. The number of carbonyl (C=O) groups excluding carboxylic acids is 1. The van der Waals surface area contributed by atoms with Gasteiger partial charge in [-0.1, -0.05) is 37.8 Å². The fourth-order valence-electron chi connectivity index (χ4n) is 1.02. The van der Waals surface area contributed by atoms with Crippen LogP contribution in [0.25, 0.3) is 0 Å². The average Bonchev–Trinajstić information content (AvgIpc) is 2.15. The summed E-state index contributed by atoms with van der Waals surface area (Å²) in [4.78, 5) is 11.0. The van der Waals surface area contributed by atoms with Gasteiger partial charge < -0.3 is 0 Å². The van der Waals surface area contributed by atoms with Gasteiger partial charge in [0.15, 0.2) is 5.78 Å². The zero-order valence-electron chi connectivity index (χ0n) is 8.79. The van der Waals surface area contributed by atoms with Gasteiger partial charge in [0.25, 0.3) is 0 Å². The molecule has 0 amide bonds. The van der Waals surface area contributed by atoms with Crippen molar-refractivity contribution in [3.05, 3.63) is 35.4 Å². The SMILES string of the molecule is CC(=O)c1ccc(C#CC(C)C)cc1. The Balaban J connectivity index is 2.85. The fraction of sp³-hybridized carbons (Fsp3) is 0.308. The van der Waals surface area contributed by atoms with Gasteiger partial charge in [0.1, 0.15) is 0 Å². The third-order valence-corrected chi connectivity index (χ3v) is 1.80. The van der Waals surface area contributed by atoms with Crippen molar-refractivity contribution in [1.82, 2.24) is 0 Å². The van der Waals surface area contributed by atoms with E-state index < -0.39 is 0 Å². The van der Waals surface area contributed by atoms with E-state index in [1.807, 2.05) is 24.3 Å². The van der Waals surface area contributed by atoms with Crippen LogP contribution >= 0.6 is 0 Å². The van der Waals surface area contributed by atoms with Gasteiger partial charge in [-0.2, -0.15) is 0 Å². The lowest BCUT2D eigenvalue weighted by molar-refractivity contribution is 0.101. The van der Waals surface area contributed by atoms with E-state index in [2.05, 4.69) is 25.7 Å². The lowest BCUT2D eigenvalue weighted by Crippen LogP contribution is -1.90. The molecule has 1 rings (SSSR count). The van der Waals surface area contributed by atoms with Gasteiger partial charge in [0.05, 0.1) is 0 Å². The molecule has 1 nitrogen and oxygen atoms in total. The van der Waals surface area contributed by atoms with E-state index in [1.54, 1.807) is 6.92 Å². The van der Waals surface area contributed by atoms with Crippen LogP contribution in [0.3, 0.4) is 0 Å². The van der Waals surface area contributed by atoms with Crippen molar-refractivity contribution in [2.45, 2.75) is 20.8 Å². The van der Waals surface area contributed by atoms with Crippen molar-refractivity contribution in [3.8, 4) is 11.8 Å². The molecule has 72 valence electrons. The molecule has 0 aliphatic carbocycles. The highest BCUT2D eigenvalue weighted by atomic mass is 16.1. The fourth-order valence-corrected chi connectivity index (χ4v) is 1.02. The van der Waals surface area contributed by atoms with Crippen molar-refractivity contribution in [2.75, 3.05) is 0 Å². The molecule has 1 aromatic carbocycles. The lowest BCUT2D eigenvalue weighted by Gasteiger charge is -1.95. The Hall–Kier alpha value is -1.55. The summed E-state index contributed by atoms with van der Waals surface area (Å²) in [6, 6.07) is 7.39. The van der Waals surface area contributed by atoms with E-state index in [1.165, 1.54) is 0 Å². The summed E-state index contributed by atoms with van der Waals surface area (Å²) in [5, 5.41) is 0. The first kappa shape index (κ1) is 10.5. The van der Waals surface area contributed by atoms with Crippen LogP contribution in [0.1, 0.15) is 36.7 Å². The molecule has 0 spiro atoms. The molecule has 0 N–H and O–H groups in total. The summed E-state index contributed by atoms with van der Waals surface area (Å²) in [7, 11) is 0. The predicted octanol–water partition coefficient (Wildman–Crippen LogP) is 2.90. The maximum absolute atomic E-state index is 11.0. The highest BCUT2D eigenvalue weighted by Crippen LogP contribution is 2.04. The Bertz CT molecular complexity index is 374. The minimum Gasteiger partial charge on any atom is -0.295 e. The Morgan fingerprint density at radius 1 is 1.21 bits per heavy atom. The molecule has 1 heteroatoms. The Labute approximate surface area is 85.1 Å². The molecule has 0 heterocycles. The highest BCUT2D eigenvalue weighted by Gasteiger charge is 1.96. The smallest absolute Gasteiger partial charge is 0.159 e. The predicted molar refractivity (Wildman–Crippen MR) is 58.2 cm³/mol. The van der Waals surface area contributed by atoms with Crippen molar-refractivity contribution >= 4 is 5.78 Å². The van der Waals surface area contributed by atoms with Gasteiger partial charge >= 0.3 is 0 Å². The summed E-state index contributed by atoms with van der Waals surface area (Å²) < 4.78 is 0. The Kier molecular flexibility index (Phi) is 3.48. The second-order valence-corrected chi connectivity index (χ2v) is 3.56. The molecular weight excluding hydrogens is 172 g/mol. The van der Waals surface area contributed by atoms with Gasteiger partial charge in [-0.25, -0.2) is 0 Å². The van der Waals surface area contributed by atoms with Crippen molar-refractivity contribution in [2.24, 2.45) is 5.92 Å². The van der Waals surface area contributed by atoms with Crippen molar-refractivity contribution < 1.29 is 4.79 Å². The molecule has 0 saturated heterocycles. The number of rotatable bonds is 1. The number of ketones is 1. The van der Waals surface area contributed by atoms with Crippen LogP contribution in [0.4, 0.5) is 0 Å². The largest absolute Gasteiger partial charge is 0.295 e. The third kappa shape index (κ3) is 3.06. The van der Waals surface area contributed by atoms with E-state index >= 15 is 0 Å². The van der Waals surface area contributed by atoms with E-state index in [4.69, 9.17) is 0 Å². The number of benzene rings is 1. The molecular formula is C13H14O. The molecule has 14 heavy (non-hydrogen) atoms. The van der Waals surface area contributed by atoms with E-state index in [9.17, 15) is 4.79 Å². The molecule has 0 saturated carbocycles. The maximum Gasteiger partial charge on any atom is 0.159 e. The molecule has 0 radical (unpaired) electrons. The minimum atomic E-state index is 0.0911. The molecule has 0 aliphatic heterocycles. The lowest BCUT2D eigenvalue weighted by atomic mass is 10.1. The van der Waals surface area contributed by atoms with Crippen LogP contribution < -0.4 is 0 Å². The van der Waals surface area contributed by atoms with E-state index in [-0.39, 0.29) is 5.78 Å². The zero-order valence-corrected chi connectivity index (χ0v) is 8.79. The summed E-state index contributed by atoms with van der Waals surface area (Å²) in [6.45, 7) is 5.67. The maximum atomic E-state index is 11.0. The summed E-state index contributed by atoms with van der Waals surface area (Å²) in [5.74, 6) is 6.59. The molecule has 0 aromatic heterocycles. The number of carbonyl (C=O) groups is 1. The van der Waals surface area contributed by atoms with Crippen LogP contribution in [0.15, 0.2) is 24.3 Å². The van der Waals surface area contributed by atoms with Crippen molar-refractivity contribution in [1.29, 1.82) is 0 Å². The summed E-state index contributed by atoms with van der Waals surface area (Å²) >= 11 is 0. The molecule has 0 fully saturated rings. The van der Waals surface area contributed by atoms with Gasteiger partial charge in [-0.3, -0.25) is 4.79 Å². The van der Waals surface area contributed by atoms with Gasteiger partial charge in [0, 0.05) is 17.0 Å².